The highest BCUT2D eigenvalue weighted by atomic mass is 16.6. The van der Waals surface area contributed by atoms with Crippen molar-refractivity contribution in [1.82, 2.24) is 0 Å². The summed E-state index contributed by atoms with van der Waals surface area (Å²) in [6, 6.07) is 16.4. The number of amides is 1. The van der Waals surface area contributed by atoms with Gasteiger partial charge in [-0.3, -0.25) is 14.9 Å². The van der Waals surface area contributed by atoms with Gasteiger partial charge in [-0.1, -0.05) is 18.2 Å². The first-order valence-corrected chi connectivity index (χ1v) is 9.27. The van der Waals surface area contributed by atoms with Crippen molar-refractivity contribution in [2.75, 3.05) is 49.1 Å². The third-order valence-corrected chi connectivity index (χ3v) is 4.98. The zero-order valence-electron chi connectivity index (χ0n) is 15.5. The summed E-state index contributed by atoms with van der Waals surface area (Å²) < 4.78 is 0. The fourth-order valence-electron chi connectivity index (χ4n) is 3.46. The summed E-state index contributed by atoms with van der Waals surface area (Å²) in [6.07, 6.45) is 0. The van der Waals surface area contributed by atoms with Crippen LogP contribution >= 0.6 is 0 Å². The van der Waals surface area contributed by atoms with Crippen LogP contribution in [0.2, 0.25) is 0 Å². The lowest BCUT2D eigenvalue weighted by atomic mass is 10.2. The number of likely N-dealkylation sites (N-methyl/N-ethyl adjacent to an activating group) is 1. The van der Waals surface area contributed by atoms with E-state index in [1.165, 1.54) is 17.0 Å². The smallest absolute Gasteiger partial charge is 0.282 e. The first-order chi connectivity index (χ1) is 13.1. The molecule has 2 aromatic rings. The molecule has 7 nitrogen and oxygen atoms in total. The van der Waals surface area contributed by atoms with Crippen LogP contribution in [0.4, 0.5) is 17.1 Å². The number of carbonyl (C=O) groups excluding carboxylic acids is 1. The monoisotopic (exact) mass is 369 g/mol. The van der Waals surface area contributed by atoms with Crippen LogP contribution in [0.25, 0.3) is 0 Å². The van der Waals surface area contributed by atoms with Crippen LogP contribution < -0.4 is 14.7 Å². The fourth-order valence-corrected chi connectivity index (χ4v) is 3.46. The summed E-state index contributed by atoms with van der Waals surface area (Å²) in [5, 5.41) is 10.8. The Balaban J connectivity index is 1.54. The average Bonchev–Trinajstić information content (AvgIpc) is 2.70. The molecule has 1 amide bonds. The number of benzene rings is 2. The largest absolute Gasteiger partial charge is 0.360 e. The van der Waals surface area contributed by atoms with Gasteiger partial charge in [0.05, 0.1) is 31.1 Å². The van der Waals surface area contributed by atoms with Crippen molar-refractivity contribution in [3.63, 3.8) is 0 Å². The molecule has 142 valence electrons. The van der Waals surface area contributed by atoms with Crippen LogP contribution in [0.3, 0.4) is 0 Å². The van der Waals surface area contributed by atoms with E-state index in [-0.39, 0.29) is 16.5 Å². The molecule has 3 rings (SSSR count). The molecule has 0 aromatic heterocycles. The summed E-state index contributed by atoms with van der Waals surface area (Å²) in [5.74, 6) is 0.141. The molecule has 1 fully saturated rings. The van der Waals surface area contributed by atoms with Gasteiger partial charge in [-0.25, -0.2) is 0 Å². The number of carbonyl (C=O) groups is 1. The Labute approximate surface area is 158 Å². The van der Waals surface area contributed by atoms with Crippen LogP contribution in [0.5, 0.6) is 0 Å². The zero-order valence-corrected chi connectivity index (χ0v) is 15.5. The predicted molar refractivity (Wildman–Crippen MR) is 105 cm³/mol. The zero-order chi connectivity index (χ0) is 19.2. The number of piperazine rings is 1. The van der Waals surface area contributed by atoms with E-state index in [0.29, 0.717) is 13.1 Å². The van der Waals surface area contributed by atoms with E-state index >= 15 is 0 Å². The van der Waals surface area contributed by atoms with Gasteiger partial charge in [0.25, 0.3) is 11.6 Å². The van der Waals surface area contributed by atoms with E-state index in [1.807, 2.05) is 42.2 Å². The van der Waals surface area contributed by atoms with Gasteiger partial charge in [0.2, 0.25) is 0 Å². The molecular formula is C20H25N4O3+. The number of rotatable bonds is 6. The second-order valence-corrected chi connectivity index (χ2v) is 6.66. The number of nitrogens with one attached hydrogen (secondary N) is 1. The van der Waals surface area contributed by atoms with Gasteiger partial charge in [0, 0.05) is 30.1 Å². The molecule has 0 spiro atoms. The Morgan fingerprint density at radius 1 is 1.11 bits per heavy atom. The number of non-ortho nitro benzene ring substituents is 1. The minimum absolute atomic E-state index is 0.106. The molecule has 7 heteroatoms. The molecule has 1 heterocycles. The van der Waals surface area contributed by atoms with E-state index in [0.717, 1.165) is 37.6 Å². The van der Waals surface area contributed by atoms with Crippen LogP contribution in [0, 0.1) is 10.1 Å². The van der Waals surface area contributed by atoms with E-state index in [2.05, 4.69) is 4.90 Å². The number of hydrogen-bond acceptors (Lipinski definition) is 4. The van der Waals surface area contributed by atoms with Crippen LogP contribution in [-0.4, -0.2) is 50.1 Å². The van der Waals surface area contributed by atoms with Gasteiger partial charge in [-0.15, -0.1) is 0 Å². The molecular weight excluding hydrogens is 344 g/mol. The summed E-state index contributed by atoms with van der Waals surface area (Å²) in [6.45, 7) is 6.54. The second kappa shape index (κ2) is 8.64. The molecule has 0 bridgehead atoms. The van der Waals surface area contributed by atoms with Gasteiger partial charge in [-0.2, -0.15) is 0 Å². The Hall–Kier alpha value is -2.93. The average molecular weight is 369 g/mol. The molecule has 27 heavy (non-hydrogen) atoms. The summed E-state index contributed by atoms with van der Waals surface area (Å²) in [4.78, 5) is 28.4. The molecule has 1 saturated heterocycles. The van der Waals surface area contributed by atoms with Crippen molar-refractivity contribution in [3.8, 4) is 0 Å². The minimum Gasteiger partial charge on any atom is -0.360 e. The van der Waals surface area contributed by atoms with Gasteiger partial charge in [0.15, 0.2) is 6.54 Å². The highest BCUT2D eigenvalue weighted by molar-refractivity contribution is 5.93. The summed E-state index contributed by atoms with van der Waals surface area (Å²) in [7, 11) is 0. The third kappa shape index (κ3) is 4.62. The van der Waals surface area contributed by atoms with Crippen molar-refractivity contribution < 1.29 is 14.6 Å². The lowest BCUT2D eigenvalue weighted by molar-refractivity contribution is -0.892. The Kier molecular flexibility index (Phi) is 6.03. The van der Waals surface area contributed by atoms with Gasteiger partial charge >= 0.3 is 0 Å². The molecule has 2 aromatic carbocycles. The molecule has 0 radical (unpaired) electrons. The number of nitrogens with zero attached hydrogens (tertiary/aromatic N) is 3. The van der Waals surface area contributed by atoms with E-state index < -0.39 is 0 Å². The Morgan fingerprint density at radius 3 is 2.30 bits per heavy atom. The van der Waals surface area contributed by atoms with Crippen molar-refractivity contribution in [1.29, 1.82) is 0 Å². The number of hydrogen-bond donors (Lipinski definition) is 1. The van der Waals surface area contributed by atoms with Gasteiger partial charge in [-0.05, 0) is 31.2 Å². The maximum absolute atomic E-state index is 12.7. The molecule has 1 aliphatic heterocycles. The lowest BCUT2D eigenvalue weighted by Crippen LogP contribution is -3.16. The maximum Gasteiger partial charge on any atom is 0.282 e. The number of nitro groups is 1. The molecule has 0 unspecified atom stereocenters. The van der Waals surface area contributed by atoms with Crippen LogP contribution in [-0.2, 0) is 4.79 Å². The van der Waals surface area contributed by atoms with E-state index in [9.17, 15) is 14.9 Å². The highest BCUT2D eigenvalue weighted by Crippen LogP contribution is 2.19. The summed E-state index contributed by atoms with van der Waals surface area (Å²) >= 11 is 0. The number of nitro benzene ring substituents is 1. The SMILES string of the molecule is CCN(C(=O)C[NH+]1CCN(c2ccc([N+](=O)[O-])cc2)CC1)c1ccccc1. The summed E-state index contributed by atoms with van der Waals surface area (Å²) in [5.41, 5.74) is 2.04. The first-order valence-electron chi connectivity index (χ1n) is 9.27. The van der Waals surface area contributed by atoms with Crippen molar-refractivity contribution in [3.05, 3.63) is 64.7 Å². The quantitative estimate of drug-likeness (QED) is 0.616. The lowest BCUT2D eigenvalue weighted by Gasteiger charge is -2.34. The second-order valence-electron chi connectivity index (χ2n) is 6.66. The van der Waals surface area contributed by atoms with Gasteiger partial charge in [0.1, 0.15) is 0 Å². The highest BCUT2D eigenvalue weighted by Gasteiger charge is 2.25. The van der Waals surface area contributed by atoms with Gasteiger partial charge < -0.3 is 14.7 Å². The molecule has 0 saturated carbocycles. The Morgan fingerprint density at radius 2 is 1.74 bits per heavy atom. The van der Waals surface area contributed by atoms with Crippen molar-refractivity contribution in [2.24, 2.45) is 0 Å². The van der Waals surface area contributed by atoms with Crippen molar-refractivity contribution >= 4 is 23.0 Å². The van der Waals surface area contributed by atoms with Crippen LogP contribution in [0.15, 0.2) is 54.6 Å². The van der Waals surface area contributed by atoms with E-state index in [4.69, 9.17) is 0 Å². The molecule has 1 aliphatic rings. The van der Waals surface area contributed by atoms with Crippen LogP contribution in [0.1, 0.15) is 6.92 Å². The first kappa shape index (κ1) is 18.8. The fraction of sp³-hybridized carbons (Fsp3) is 0.350. The standard InChI is InChI=1S/C20H24N4O3/c1-2-23(18-6-4-3-5-7-18)20(25)16-21-12-14-22(15-13-21)17-8-10-19(11-9-17)24(26)27/h3-11H,2,12-16H2,1H3/p+1. The number of para-hydroxylation sites is 1. The van der Waals surface area contributed by atoms with E-state index in [1.54, 1.807) is 12.1 Å². The number of quaternary nitrogens is 1. The minimum atomic E-state index is -0.385. The maximum atomic E-state index is 12.7. The molecule has 1 N–H and O–H groups in total. The number of anilines is 2. The normalized spacial score (nSPS) is 14.8. The molecule has 0 atom stereocenters. The molecule has 0 aliphatic carbocycles. The Bertz CT molecular complexity index is 772. The topological polar surface area (TPSA) is 71.1 Å². The third-order valence-electron chi connectivity index (χ3n) is 4.98. The predicted octanol–water partition coefficient (Wildman–Crippen LogP) is 1.35. The van der Waals surface area contributed by atoms with Crippen molar-refractivity contribution in [2.45, 2.75) is 6.92 Å².